The molecule has 1 heterocycles. The number of rotatable bonds is 7. The van der Waals surface area contributed by atoms with E-state index in [9.17, 15) is 4.79 Å². The SMILES string of the molecule is CCN(CN)C1=C(Sc2ccc(OC)cc2)C(=O)N(c2ccccc2)C(C)C1. The van der Waals surface area contributed by atoms with Crippen molar-refractivity contribution in [3.05, 3.63) is 65.2 Å². The molecule has 1 amide bonds. The van der Waals surface area contributed by atoms with Crippen molar-refractivity contribution < 1.29 is 9.53 Å². The van der Waals surface area contributed by atoms with E-state index >= 15 is 0 Å². The molecule has 0 aliphatic carbocycles. The topological polar surface area (TPSA) is 58.8 Å². The van der Waals surface area contributed by atoms with Crippen molar-refractivity contribution in [2.24, 2.45) is 5.73 Å². The molecular formula is C22H27N3O2S. The molecule has 0 aromatic heterocycles. The van der Waals surface area contributed by atoms with Gasteiger partial charge in [-0.1, -0.05) is 30.0 Å². The molecule has 148 valence electrons. The fraction of sp³-hybridized carbons (Fsp3) is 0.318. The van der Waals surface area contributed by atoms with E-state index in [1.807, 2.05) is 59.5 Å². The number of hydrogen-bond acceptors (Lipinski definition) is 5. The van der Waals surface area contributed by atoms with Crippen molar-refractivity contribution in [2.75, 3.05) is 25.2 Å². The van der Waals surface area contributed by atoms with Gasteiger partial charge < -0.3 is 20.3 Å². The van der Waals surface area contributed by atoms with Gasteiger partial charge in [0.15, 0.2) is 0 Å². The average Bonchev–Trinajstić information content (AvgIpc) is 2.73. The lowest BCUT2D eigenvalue weighted by Gasteiger charge is -2.39. The van der Waals surface area contributed by atoms with E-state index in [1.54, 1.807) is 7.11 Å². The number of carbonyl (C=O) groups excluding carboxylic acids is 1. The molecule has 28 heavy (non-hydrogen) atoms. The molecule has 0 bridgehead atoms. The van der Waals surface area contributed by atoms with Crippen molar-refractivity contribution in [3.63, 3.8) is 0 Å². The Balaban J connectivity index is 2.01. The van der Waals surface area contributed by atoms with E-state index in [0.717, 1.165) is 39.9 Å². The van der Waals surface area contributed by atoms with Gasteiger partial charge in [-0.2, -0.15) is 0 Å². The Bertz CT molecular complexity index is 833. The first-order valence-electron chi connectivity index (χ1n) is 9.47. The molecule has 6 heteroatoms. The van der Waals surface area contributed by atoms with Gasteiger partial charge in [0.25, 0.3) is 5.91 Å². The first-order valence-corrected chi connectivity index (χ1v) is 10.3. The summed E-state index contributed by atoms with van der Waals surface area (Å²) in [4.78, 5) is 19.3. The Kier molecular flexibility index (Phi) is 6.65. The Hall–Kier alpha value is -2.44. The number of nitrogens with zero attached hydrogens (tertiary/aromatic N) is 2. The number of carbonyl (C=O) groups is 1. The van der Waals surface area contributed by atoms with Gasteiger partial charge in [0.05, 0.1) is 18.7 Å². The Morgan fingerprint density at radius 1 is 1.18 bits per heavy atom. The molecule has 2 N–H and O–H groups in total. The molecule has 0 radical (unpaired) electrons. The minimum absolute atomic E-state index is 0.0210. The van der Waals surface area contributed by atoms with E-state index < -0.39 is 0 Å². The molecule has 0 spiro atoms. The fourth-order valence-corrected chi connectivity index (χ4v) is 4.45. The second-order valence-corrected chi connectivity index (χ2v) is 7.74. The van der Waals surface area contributed by atoms with E-state index in [4.69, 9.17) is 10.5 Å². The van der Waals surface area contributed by atoms with Gasteiger partial charge in [0.1, 0.15) is 5.75 Å². The summed E-state index contributed by atoms with van der Waals surface area (Å²) in [7, 11) is 1.65. The highest BCUT2D eigenvalue weighted by atomic mass is 32.2. The van der Waals surface area contributed by atoms with Gasteiger partial charge in [-0.05, 0) is 50.2 Å². The number of thioether (sulfide) groups is 1. The van der Waals surface area contributed by atoms with Crippen molar-refractivity contribution >= 4 is 23.4 Å². The second kappa shape index (κ2) is 9.17. The predicted octanol–water partition coefficient (Wildman–Crippen LogP) is 4.06. The van der Waals surface area contributed by atoms with Gasteiger partial charge in [0, 0.05) is 35.3 Å². The zero-order valence-electron chi connectivity index (χ0n) is 16.6. The summed E-state index contributed by atoms with van der Waals surface area (Å²) in [6.45, 7) is 5.31. The number of anilines is 1. The number of amides is 1. The van der Waals surface area contributed by atoms with Crippen LogP contribution in [0.1, 0.15) is 20.3 Å². The van der Waals surface area contributed by atoms with Crippen LogP contribution in [-0.2, 0) is 4.79 Å². The fourth-order valence-electron chi connectivity index (χ4n) is 3.42. The summed E-state index contributed by atoms with van der Waals surface area (Å²) in [5, 5.41) is 0. The molecule has 1 aliphatic heterocycles. The summed E-state index contributed by atoms with van der Waals surface area (Å²) in [5.41, 5.74) is 7.93. The molecule has 1 aliphatic rings. The van der Waals surface area contributed by atoms with Crippen LogP contribution >= 0.6 is 11.8 Å². The zero-order chi connectivity index (χ0) is 20.1. The molecule has 0 fully saturated rings. The van der Waals surface area contributed by atoms with Gasteiger partial charge in [-0.25, -0.2) is 0 Å². The van der Waals surface area contributed by atoms with Crippen LogP contribution in [0.25, 0.3) is 0 Å². The van der Waals surface area contributed by atoms with Gasteiger partial charge in [-0.15, -0.1) is 0 Å². The lowest BCUT2D eigenvalue weighted by Crippen LogP contribution is -2.46. The monoisotopic (exact) mass is 397 g/mol. The summed E-state index contributed by atoms with van der Waals surface area (Å²) in [6, 6.07) is 17.7. The van der Waals surface area contributed by atoms with Crippen LogP contribution in [0.3, 0.4) is 0 Å². The maximum absolute atomic E-state index is 13.6. The van der Waals surface area contributed by atoms with Gasteiger partial charge >= 0.3 is 0 Å². The van der Waals surface area contributed by atoms with Gasteiger partial charge in [-0.3, -0.25) is 4.79 Å². The maximum atomic E-state index is 13.6. The number of hydrogen-bond donors (Lipinski definition) is 1. The second-order valence-electron chi connectivity index (χ2n) is 6.66. The predicted molar refractivity (Wildman–Crippen MR) is 115 cm³/mol. The number of ether oxygens (including phenoxy) is 1. The number of nitrogens with two attached hydrogens (primary N) is 1. The first kappa shape index (κ1) is 20.3. The summed E-state index contributed by atoms with van der Waals surface area (Å²) < 4.78 is 5.24. The minimum atomic E-state index is 0.0210. The molecule has 1 atom stereocenters. The van der Waals surface area contributed by atoms with Crippen molar-refractivity contribution in [2.45, 2.75) is 31.2 Å². The van der Waals surface area contributed by atoms with Crippen LogP contribution in [0.4, 0.5) is 5.69 Å². The summed E-state index contributed by atoms with van der Waals surface area (Å²) >= 11 is 1.50. The van der Waals surface area contributed by atoms with Crippen LogP contribution in [0, 0.1) is 0 Å². The van der Waals surface area contributed by atoms with Crippen LogP contribution in [0.2, 0.25) is 0 Å². The van der Waals surface area contributed by atoms with Crippen LogP contribution in [0.15, 0.2) is 70.1 Å². The van der Waals surface area contributed by atoms with Crippen molar-refractivity contribution in [1.82, 2.24) is 4.90 Å². The molecule has 3 rings (SSSR count). The number of methoxy groups -OCH3 is 1. The third-order valence-corrected chi connectivity index (χ3v) is 6.02. The van der Waals surface area contributed by atoms with Crippen LogP contribution < -0.4 is 15.4 Å². The Labute approximate surface area is 171 Å². The molecular weight excluding hydrogens is 370 g/mol. The Morgan fingerprint density at radius 2 is 1.86 bits per heavy atom. The lowest BCUT2D eigenvalue weighted by atomic mass is 10.0. The average molecular weight is 398 g/mol. The standard InChI is InChI=1S/C22H27N3O2S/c1-4-24(15-23)20-14-16(2)25(17-8-6-5-7-9-17)22(26)21(20)28-19-12-10-18(27-3)11-13-19/h5-13,16H,4,14-15,23H2,1-3H3. The number of para-hydroxylation sites is 1. The third kappa shape index (κ3) is 4.18. The molecule has 0 saturated heterocycles. The summed E-state index contributed by atoms with van der Waals surface area (Å²) in [6.07, 6.45) is 0.768. The highest BCUT2D eigenvalue weighted by Crippen LogP contribution is 2.39. The molecule has 2 aromatic carbocycles. The molecule has 5 nitrogen and oxygen atoms in total. The van der Waals surface area contributed by atoms with E-state index in [0.29, 0.717) is 6.67 Å². The minimum Gasteiger partial charge on any atom is -0.497 e. The third-order valence-electron chi connectivity index (χ3n) is 4.90. The first-order chi connectivity index (χ1) is 13.6. The maximum Gasteiger partial charge on any atom is 0.267 e. The lowest BCUT2D eigenvalue weighted by molar-refractivity contribution is -0.115. The molecule has 0 saturated carbocycles. The van der Waals surface area contributed by atoms with E-state index in [1.165, 1.54) is 11.8 Å². The van der Waals surface area contributed by atoms with Crippen LogP contribution in [-0.4, -0.2) is 37.2 Å². The van der Waals surface area contributed by atoms with E-state index in [2.05, 4.69) is 18.7 Å². The molecule has 1 unspecified atom stereocenters. The van der Waals surface area contributed by atoms with Crippen LogP contribution in [0.5, 0.6) is 5.75 Å². The molecule has 2 aromatic rings. The normalized spacial score (nSPS) is 17.1. The zero-order valence-corrected chi connectivity index (χ0v) is 17.4. The van der Waals surface area contributed by atoms with E-state index in [-0.39, 0.29) is 11.9 Å². The van der Waals surface area contributed by atoms with Gasteiger partial charge in [0.2, 0.25) is 0 Å². The summed E-state index contributed by atoms with van der Waals surface area (Å²) in [5.74, 6) is 0.817. The quantitative estimate of drug-likeness (QED) is 0.714. The van der Waals surface area contributed by atoms with Crippen molar-refractivity contribution in [3.8, 4) is 5.75 Å². The Morgan fingerprint density at radius 3 is 2.43 bits per heavy atom. The number of benzene rings is 2. The highest BCUT2D eigenvalue weighted by Gasteiger charge is 2.35. The largest absolute Gasteiger partial charge is 0.497 e. The highest BCUT2D eigenvalue weighted by molar-refractivity contribution is 8.04. The smallest absolute Gasteiger partial charge is 0.267 e. The van der Waals surface area contributed by atoms with Crippen molar-refractivity contribution in [1.29, 1.82) is 0 Å².